The lowest BCUT2D eigenvalue weighted by Gasteiger charge is -2.30. The Balaban J connectivity index is 1.80. The third-order valence-corrected chi connectivity index (χ3v) is 3.88. The molecule has 1 aromatic heterocycles. The smallest absolute Gasteiger partial charge is 0.325 e. The number of hydrogen-bond donors (Lipinski definition) is 1. The minimum Gasteiger partial charge on any atom is -0.381 e. The molecule has 3 amide bonds. The standard InChI is InChI=1S/C14H17N3O3/c1-10-2-5-15-11(8-10)9-17-12(18)14(16-13(17)19)3-6-20-7-4-14/h2,5,8H,3-4,6-7,9H2,1H3,(H,16,19). The van der Waals surface area contributed by atoms with Crippen LogP contribution in [0, 0.1) is 6.92 Å². The van der Waals surface area contributed by atoms with Gasteiger partial charge in [0.2, 0.25) is 0 Å². The first kappa shape index (κ1) is 13.1. The lowest BCUT2D eigenvalue weighted by Crippen LogP contribution is -2.51. The number of amides is 3. The quantitative estimate of drug-likeness (QED) is 0.817. The van der Waals surface area contributed by atoms with Gasteiger partial charge in [0.15, 0.2) is 0 Å². The second-order valence-electron chi connectivity index (χ2n) is 5.34. The van der Waals surface area contributed by atoms with Crippen LogP contribution in [-0.4, -0.2) is 40.6 Å². The molecule has 2 saturated heterocycles. The number of rotatable bonds is 2. The van der Waals surface area contributed by atoms with Gasteiger partial charge in [-0.2, -0.15) is 0 Å². The van der Waals surface area contributed by atoms with E-state index in [9.17, 15) is 9.59 Å². The van der Waals surface area contributed by atoms with E-state index in [2.05, 4.69) is 10.3 Å². The summed E-state index contributed by atoms with van der Waals surface area (Å²) in [6.07, 6.45) is 2.76. The van der Waals surface area contributed by atoms with E-state index < -0.39 is 5.54 Å². The second-order valence-corrected chi connectivity index (χ2v) is 5.34. The summed E-state index contributed by atoms with van der Waals surface area (Å²) in [5.41, 5.74) is 1.01. The number of carbonyl (C=O) groups is 2. The summed E-state index contributed by atoms with van der Waals surface area (Å²) in [5, 5.41) is 2.83. The number of aromatic nitrogens is 1. The lowest BCUT2D eigenvalue weighted by atomic mass is 9.90. The summed E-state index contributed by atoms with van der Waals surface area (Å²) >= 11 is 0. The van der Waals surface area contributed by atoms with Gasteiger partial charge in [-0.05, 0) is 24.6 Å². The molecule has 1 N–H and O–H groups in total. The van der Waals surface area contributed by atoms with Gasteiger partial charge in [-0.25, -0.2) is 4.79 Å². The zero-order valence-electron chi connectivity index (χ0n) is 11.4. The van der Waals surface area contributed by atoms with Gasteiger partial charge in [0.1, 0.15) is 5.54 Å². The zero-order chi connectivity index (χ0) is 14.2. The molecule has 2 aliphatic heterocycles. The summed E-state index contributed by atoms with van der Waals surface area (Å²) in [6, 6.07) is 3.44. The van der Waals surface area contributed by atoms with Crippen molar-refractivity contribution >= 4 is 11.9 Å². The van der Waals surface area contributed by atoms with E-state index in [1.165, 1.54) is 4.90 Å². The number of nitrogens with one attached hydrogen (secondary N) is 1. The maximum absolute atomic E-state index is 12.5. The van der Waals surface area contributed by atoms with Gasteiger partial charge in [-0.3, -0.25) is 14.7 Å². The Bertz CT molecular complexity index is 552. The van der Waals surface area contributed by atoms with Crippen molar-refractivity contribution in [2.75, 3.05) is 13.2 Å². The largest absolute Gasteiger partial charge is 0.381 e. The van der Waals surface area contributed by atoms with Crippen LogP contribution >= 0.6 is 0 Å². The van der Waals surface area contributed by atoms with Crippen LogP contribution in [0.1, 0.15) is 24.1 Å². The number of pyridine rings is 1. The average molecular weight is 275 g/mol. The predicted octanol–water partition coefficient (Wildman–Crippen LogP) is 0.991. The fraction of sp³-hybridized carbons (Fsp3) is 0.500. The van der Waals surface area contributed by atoms with E-state index in [1.54, 1.807) is 6.20 Å². The molecule has 0 saturated carbocycles. The number of imide groups is 1. The summed E-state index contributed by atoms with van der Waals surface area (Å²) in [7, 11) is 0. The number of nitrogens with zero attached hydrogens (tertiary/aromatic N) is 2. The van der Waals surface area contributed by atoms with Crippen molar-refractivity contribution in [3.05, 3.63) is 29.6 Å². The van der Waals surface area contributed by atoms with Crippen LogP contribution in [0.2, 0.25) is 0 Å². The molecular weight excluding hydrogens is 258 g/mol. The molecule has 0 radical (unpaired) electrons. The zero-order valence-corrected chi connectivity index (χ0v) is 11.4. The highest BCUT2D eigenvalue weighted by atomic mass is 16.5. The van der Waals surface area contributed by atoms with E-state index >= 15 is 0 Å². The monoisotopic (exact) mass is 275 g/mol. The van der Waals surface area contributed by atoms with E-state index in [-0.39, 0.29) is 18.5 Å². The molecule has 0 aromatic carbocycles. The van der Waals surface area contributed by atoms with Crippen molar-refractivity contribution in [1.82, 2.24) is 15.2 Å². The molecule has 106 valence electrons. The van der Waals surface area contributed by atoms with Crippen molar-refractivity contribution in [3.63, 3.8) is 0 Å². The highest BCUT2D eigenvalue weighted by Crippen LogP contribution is 2.29. The van der Waals surface area contributed by atoms with Crippen molar-refractivity contribution in [1.29, 1.82) is 0 Å². The van der Waals surface area contributed by atoms with Crippen LogP contribution < -0.4 is 5.32 Å². The van der Waals surface area contributed by atoms with Gasteiger partial charge in [0, 0.05) is 32.3 Å². The maximum Gasteiger partial charge on any atom is 0.325 e. The molecule has 0 unspecified atom stereocenters. The molecule has 2 aliphatic rings. The molecule has 2 fully saturated rings. The summed E-state index contributed by atoms with van der Waals surface area (Å²) in [4.78, 5) is 30.1. The van der Waals surface area contributed by atoms with Crippen molar-refractivity contribution in [3.8, 4) is 0 Å². The molecular formula is C14H17N3O3. The second kappa shape index (κ2) is 4.86. The SMILES string of the molecule is Cc1ccnc(CN2C(=O)NC3(CCOCC3)C2=O)c1. The van der Waals surface area contributed by atoms with Gasteiger partial charge in [-0.1, -0.05) is 0 Å². The number of urea groups is 1. The number of aryl methyl sites for hydroxylation is 1. The Labute approximate surface area is 117 Å². The van der Waals surface area contributed by atoms with E-state index in [0.29, 0.717) is 26.1 Å². The van der Waals surface area contributed by atoms with Crippen LogP contribution in [0.5, 0.6) is 0 Å². The number of ether oxygens (including phenoxy) is 1. The molecule has 0 bridgehead atoms. The highest BCUT2D eigenvalue weighted by Gasteiger charge is 2.51. The Kier molecular flexibility index (Phi) is 3.17. The Hall–Kier alpha value is -1.95. The van der Waals surface area contributed by atoms with Gasteiger partial charge in [0.05, 0.1) is 12.2 Å². The van der Waals surface area contributed by atoms with Crippen LogP contribution in [-0.2, 0) is 16.1 Å². The average Bonchev–Trinajstić information content (AvgIpc) is 2.64. The van der Waals surface area contributed by atoms with Gasteiger partial charge < -0.3 is 10.1 Å². The summed E-state index contributed by atoms with van der Waals surface area (Å²) in [5.74, 6) is -0.158. The highest BCUT2D eigenvalue weighted by molar-refractivity contribution is 6.07. The molecule has 0 atom stereocenters. The predicted molar refractivity (Wildman–Crippen MR) is 70.8 cm³/mol. The van der Waals surface area contributed by atoms with Gasteiger partial charge >= 0.3 is 6.03 Å². The topological polar surface area (TPSA) is 71.5 Å². The van der Waals surface area contributed by atoms with Crippen molar-refractivity contribution < 1.29 is 14.3 Å². The normalized spacial score (nSPS) is 21.4. The molecule has 3 heterocycles. The summed E-state index contributed by atoms with van der Waals surface area (Å²) in [6.45, 7) is 3.18. The third-order valence-electron chi connectivity index (χ3n) is 3.88. The minimum atomic E-state index is -0.765. The molecule has 6 heteroatoms. The van der Waals surface area contributed by atoms with Crippen LogP contribution in [0.25, 0.3) is 0 Å². The Morgan fingerprint density at radius 2 is 2.15 bits per heavy atom. The third kappa shape index (κ3) is 2.16. The van der Waals surface area contributed by atoms with Gasteiger partial charge in [-0.15, -0.1) is 0 Å². The van der Waals surface area contributed by atoms with Crippen LogP contribution in [0.3, 0.4) is 0 Å². The van der Waals surface area contributed by atoms with E-state index in [1.807, 2.05) is 19.1 Å². The minimum absolute atomic E-state index is 0.158. The fourth-order valence-electron chi connectivity index (χ4n) is 2.73. The Morgan fingerprint density at radius 3 is 2.85 bits per heavy atom. The molecule has 1 aromatic rings. The molecule has 6 nitrogen and oxygen atoms in total. The number of hydrogen-bond acceptors (Lipinski definition) is 4. The first-order valence-electron chi connectivity index (χ1n) is 6.74. The molecule has 20 heavy (non-hydrogen) atoms. The lowest BCUT2D eigenvalue weighted by molar-refractivity contribution is -0.135. The molecule has 1 spiro atoms. The van der Waals surface area contributed by atoms with E-state index in [0.717, 1.165) is 11.3 Å². The van der Waals surface area contributed by atoms with Crippen LogP contribution in [0.4, 0.5) is 4.79 Å². The Morgan fingerprint density at radius 1 is 1.40 bits per heavy atom. The maximum atomic E-state index is 12.5. The van der Waals surface area contributed by atoms with Crippen LogP contribution in [0.15, 0.2) is 18.3 Å². The van der Waals surface area contributed by atoms with Crippen molar-refractivity contribution in [2.45, 2.75) is 31.8 Å². The first-order chi connectivity index (χ1) is 9.61. The summed E-state index contributed by atoms with van der Waals surface area (Å²) < 4.78 is 5.27. The molecule has 0 aliphatic carbocycles. The fourth-order valence-corrected chi connectivity index (χ4v) is 2.73. The molecule has 3 rings (SSSR count). The van der Waals surface area contributed by atoms with Gasteiger partial charge in [0.25, 0.3) is 5.91 Å². The van der Waals surface area contributed by atoms with Crippen molar-refractivity contribution in [2.24, 2.45) is 0 Å². The van der Waals surface area contributed by atoms with E-state index in [4.69, 9.17) is 4.74 Å². The number of carbonyl (C=O) groups excluding carboxylic acids is 2. The first-order valence-corrected chi connectivity index (χ1v) is 6.74.